The maximum absolute atomic E-state index is 14.6. The van der Waals surface area contributed by atoms with Gasteiger partial charge in [0.1, 0.15) is 11.6 Å². The van der Waals surface area contributed by atoms with Gasteiger partial charge in [0.25, 0.3) is 0 Å². The molecule has 0 amide bonds. The number of anilines is 1. The van der Waals surface area contributed by atoms with Gasteiger partial charge in [0, 0.05) is 22.4 Å². The lowest BCUT2D eigenvalue weighted by molar-refractivity contribution is 0.630. The van der Waals surface area contributed by atoms with Gasteiger partial charge in [-0.1, -0.05) is 25.1 Å². The second-order valence-corrected chi connectivity index (χ2v) is 6.34. The second-order valence-electron chi connectivity index (χ2n) is 6.34. The summed E-state index contributed by atoms with van der Waals surface area (Å²) in [5.74, 6) is 0.214. The molecule has 3 aromatic rings. The van der Waals surface area contributed by atoms with Gasteiger partial charge in [-0.3, -0.25) is 10.1 Å². The molecule has 25 heavy (non-hydrogen) atoms. The number of aromatic amines is 1. The number of nitrogens with one attached hydrogen (secondary N) is 1. The van der Waals surface area contributed by atoms with Crippen LogP contribution in [0.5, 0.6) is 0 Å². The largest absolute Gasteiger partial charge is 0.383 e. The van der Waals surface area contributed by atoms with E-state index in [0.717, 1.165) is 40.1 Å². The first-order valence-corrected chi connectivity index (χ1v) is 8.14. The topological polar surface area (TPSA) is 80.0 Å². The number of halogens is 1. The molecule has 0 aliphatic heterocycles. The van der Waals surface area contributed by atoms with E-state index in [2.05, 4.69) is 33.8 Å². The van der Waals surface area contributed by atoms with Crippen LogP contribution in [-0.4, -0.2) is 21.9 Å². The van der Waals surface area contributed by atoms with Crippen molar-refractivity contribution in [3.8, 4) is 22.4 Å². The zero-order valence-corrected chi connectivity index (χ0v) is 13.9. The quantitative estimate of drug-likeness (QED) is 0.716. The zero-order chi connectivity index (χ0) is 17.6. The third-order valence-corrected chi connectivity index (χ3v) is 4.76. The molecule has 126 valence electrons. The van der Waals surface area contributed by atoms with Crippen LogP contribution < -0.4 is 5.73 Å². The smallest absolute Gasteiger partial charge is 0.131 e. The summed E-state index contributed by atoms with van der Waals surface area (Å²) in [4.78, 5) is 8.60. The van der Waals surface area contributed by atoms with Crippen molar-refractivity contribution in [1.82, 2.24) is 15.2 Å². The van der Waals surface area contributed by atoms with E-state index in [-0.39, 0.29) is 11.7 Å². The lowest BCUT2D eigenvalue weighted by atomic mass is 9.79. The zero-order valence-electron chi connectivity index (χ0n) is 13.9. The number of nitrogens with two attached hydrogens (primary N) is 1. The normalized spacial score (nSPS) is 15.5. The van der Waals surface area contributed by atoms with Gasteiger partial charge in [-0.2, -0.15) is 5.10 Å². The highest BCUT2D eigenvalue weighted by molar-refractivity contribution is 5.84. The number of rotatable bonds is 3. The Hall–Kier alpha value is -3.02. The number of H-pyrrole nitrogens is 1. The summed E-state index contributed by atoms with van der Waals surface area (Å²) in [6.07, 6.45) is 2.54. The highest BCUT2D eigenvalue weighted by Gasteiger charge is 2.31. The van der Waals surface area contributed by atoms with Gasteiger partial charge in [-0.25, -0.2) is 9.37 Å². The number of pyridine rings is 1. The van der Waals surface area contributed by atoms with Crippen LogP contribution in [0.25, 0.3) is 22.4 Å². The molecule has 0 saturated heterocycles. The van der Waals surface area contributed by atoms with Crippen LogP contribution >= 0.6 is 0 Å². The molecule has 3 N–H and O–H groups in total. The summed E-state index contributed by atoms with van der Waals surface area (Å²) in [6, 6.07) is 6.73. The Bertz CT molecular complexity index is 976. The molecule has 2 heterocycles. The number of aliphatic imine (C=N–C) groups is 1. The molecular formula is C19H18FN5. The molecule has 1 aromatic carbocycles. The highest BCUT2D eigenvalue weighted by atomic mass is 19.1. The SMILES string of the molecule is C=NCc1c(N)nc2c(c1-c1ccccc1F)C(C)Cc1[nH]ncc1-2. The summed E-state index contributed by atoms with van der Waals surface area (Å²) in [6.45, 7) is 5.97. The van der Waals surface area contributed by atoms with Crippen LogP contribution in [0.2, 0.25) is 0 Å². The van der Waals surface area contributed by atoms with Crippen LogP contribution in [0.1, 0.15) is 29.7 Å². The number of hydrogen-bond donors (Lipinski definition) is 2. The minimum absolute atomic E-state index is 0.147. The molecule has 5 nitrogen and oxygen atoms in total. The molecule has 1 aliphatic rings. The molecule has 0 spiro atoms. The van der Waals surface area contributed by atoms with Crippen LogP contribution in [0, 0.1) is 5.82 Å². The summed E-state index contributed by atoms with van der Waals surface area (Å²) >= 11 is 0. The minimum atomic E-state index is -0.286. The van der Waals surface area contributed by atoms with Gasteiger partial charge in [0.2, 0.25) is 0 Å². The van der Waals surface area contributed by atoms with Gasteiger partial charge in [0.15, 0.2) is 0 Å². The Morgan fingerprint density at radius 1 is 1.36 bits per heavy atom. The van der Waals surface area contributed by atoms with Crippen molar-refractivity contribution >= 4 is 12.5 Å². The van der Waals surface area contributed by atoms with Gasteiger partial charge in [-0.05, 0) is 36.2 Å². The number of nitrogens with zero attached hydrogens (tertiary/aromatic N) is 3. The van der Waals surface area contributed by atoms with Gasteiger partial charge < -0.3 is 5.73 Å². The minimum Gasteiger partial charge on any atom is -0.383 e. The third-order valence-electron chi connectivity index (χ3n) is 4.76. The molecule has 0 fully saturated rings. The average molecular weight is 335 g/mol. The average Bonchev–Trinajstić information content (AvgIpc) is 3.05. The van der Waals surface area contributed by atoms with Gasteiger partial charge >= 0.3 is 0 Å². The van der Waals surface area contributed by atoms with Crippen LogP contribution in [0.4, 0.5) is 10.2 Å². The number of benzene rings is 1. The third kappa shape index (κ3) is 2.33. The molecule has 1 atom stereocenters. The molecule has 0 saturated carbocycles. The van der Waals surface area contributed by atoms with Crippen molar-refractivity contribution in [2.24, 2.45) is 4.99 Å². The van der Waals surface area contributed by atoms with Crippen molar-refractivity contribution in [2.45, 2.75) is 25.8 Å². The fraction of sp³-hybridized carbons (Fsp3) is 0.211. The Kier molecular flexibility index (Phi) is 3.60. The first-order valence-electron chi connectivity index (χ1n) is 8.14. The van der Waals surface area contributed by atoms with E-state index in [0.29, 0.717) is 17.9 Å². The summed E-state index contributed by atoms with van der Waals surface area (Å²) in [5.41, 5.74) is 12.0. The first-order chi connectivity index (χ1) is 12.1. The Labute approximate surface area is 144 Å². The van der Waals surface area contributed by atoms with Crippen molar-refractivity contribution in [3.05, 3.63) is 53.1 Å². The van der Waals surface area contributed by atoms with E-state index >= 15 is 0 Å². The van der Waals surface area contributed by atoms with E-state index in [4.69, 9.17) is 5.73 Å². The summed E-state index contributed by atoms with van der Waals surface area (Å²) in [5, 5.41) is 7.16. The van der Waals surface area contributed by atoms with Crippen molar-refractivity contribution in [1.29, 1.82) is 0 Å². The molecule has 0 radical (unpaired) electrons. The standard InChI is InChI=1S/C19H18FN5/c1-10-7-15-12(9-23-25-15)18-16(10)17(11-5-3-4-6-14(11)20)13(8-22-2)19(21)24-18/h3-6,9-10H,2,7-8H2,1H3,(H2,21,24)(H,23,25). The van der Waals surface area contributed by atoms with Crippen LogP contribution in [-0.2, 0) is 13.0 Å². The molecule has 6 heteroatoms. The van der Waals surface area contributed by atoms with E-state index in [1.165, 1.54) is 6.07 Å². The molecule has 4 rings (SSSR count). The van der Waals surface area contributed by atoms with Crippen LogP contribution in [0.15, 0.2) is 35.5 Å². The first kappa shape index (κ1) is 15.5. The predicted molar refractivity (Wildman–Crippen MR) is 97.0 cm³/mol. The van der Waals surface area contributed by atoms with E-state index < -0.39 is 0 Å². The number of hydrogen-bond acceptors (Lipinski definition) is 4. The molecule has 0 bridgehead atoms. The van der Waals surface area contributed by atoms with Crippen molar-refractivity contribution < 1.29 is 4.39 Å². The summed E-state index contributed by atoms with van der Waals surface area (Å²) in [7, 11) is 0. The molecule has 2 aromatic heterocycles. The lowest BCUT2D eigenvalue weighted by Gasteiger charge is -2.27. The maximum atomic E-state index is 14.6. The Morgan fingerprint density at radius 3 is 2.92 bits per heavy atom. The summed E-state index contributed by atoms with van der Waals surface area (Å²) < 4.78 is 14.6. The van der Waals surface area contributed by atoms with Crippen LogP contribution in [0.3, 0.4) is 0 Å². The van der Waals surface area contributed by atoms with Gasteiger partial charge in [-0.15, -0.1) is 0 Å². The molecule has 1 unspecified atom stereocenters. The highest BCUT2D eigenvalue weighted by Crippen LogP contribution is 2.46. The number of aromatic nitrogens is 3. The monoisotopic (exact) mass is 335 g/mol. The second kappa shape index (κ2) is 5.81. The van der Waals surface area contributed by atoms with E-state index in [9.17, 15) is 4.39 Å². The van der Waals surface area contributed by atoms with E-state index in [1.807, 2.05) is 6.07 Å². The van der Waals surface area contributed by atoms with E-state index in [1.54, 1.807) is 18.3 Å². The predicted octanol–water partition coefficient (Wildman–Crippen LogP) is 3.72. The van der Waals surface area contributed by atoms with Crippen molar-refractivity contribution in [3.63, 3.8) is 0 Å². The fourth-order valence-electron chi connectivity index (χ4n) is 3.67. The number of fused-ring (bicyclic) bond motifs is 3. The molecular weight excluding hydrogens is 317 g/mol. The Morgan fingerprint density at radius 2 is 2.16 bits per heavy atom. The van der Waals surface area contributed by atoms with Crippen molar-refractivity contribution in [2.75, 3.05) is 5.73 Å². The Balaban J connectivity index is 2.12. The molecule has 1 aliphatic carbocycles. The maximum Gasteiger partial charge on any atom is 0.131 e. The van der Waals surface area contributed by atoms with Gasteiger partial charge in [0.05, 0.1) is 18.4 Å². The lowest BCUT2D eigenvalue weighted by Crippen LogP contribution is -2.15. The number of nitrogen functional groups attached to an aromatic ring is 1. The fourth-order valence-corrected chi connectivity index (χ4v) is 3.67.